The van der Waals surface area contributed by atoms with Crippen molar-refractivity contribution in [2.75, 3.05) is 12.4 Å². The molecule has 0 atom stereocenters. The third-order valence-electron chi connectivity index (χ3n) is 5.60. The van der Waals surface area contributed by atoms with Crippen LogP contribution in [0.1, 0.15) is 10.4 Å². The molecule has 0 aliphatic rings. The predicted molar refractivity (Wildman–Crippen MR) is 137 cm³/mol. The summed E-state index contributed by atoms with van der Waals surface area (Å²) >= 11 is 0. The highest BCUT2D eigenvalue weighted by Crippen LogP contribution is 2.35. The number of nitrogens with one attached hydrogen (secondary N) is 3. The maximum absolute atomic E-state index is 12.8. The van der Waals surface area contributed by atoms with Gasteiger partial charge in [-0.05, 0) is 72.3 Å². The number of fused-ring (bicyclic) bond motifs is 1. The first-order valence-corrected chi connectivity index (χ1v) is 11.0. The zero-order chi connectivity index (χ0) is 25.1. The predicted octanol–water partition coefficient (Wildman–Crippen LogP) is 5.24. The Morgan fingerprint density at radius 1 is 1.06 bits per heavy atom. The summed E-state index contributed by atoms with van der Waals surface area (Å²) in [4.78, 5) is 24.7. The Morgan fingerprint density at radius 3 is 2.67 bits per heavy atom. The third kappa shape index (κ3) is 4.45. The molecular weight excluding hydrogens is 458 g/mol. The number of imidazole rings is 1. The summed E-state index contributed by atoms with van der Waals surface area (Å²) in [5.74, 6) is 1.19. The molecule has 3 aromatic carbocycles. The van der Waals surface area contributed by atoms with Crippen molar-refractivity contribution >= 4 is 29.0 Å². The van der Waals surface area contributed by atoms with Gasteiger partial charge in [0.1, 0.15) is 17.3 Å². The van der Waals surface area contributed by atoms with Gasteiger partial charge in [-0.1, -0.05) is 6.07 Å². The number of rotatable bonds is 7. The SMILES string of the molecule is COc1ccc(NC(=O)c2ccc3nc(-c4cc(-c5cccnc5OC=N)ccc4O)[nH]c3c2)cc1. The Balaban J connectivity index is 1.45. The largest absolute Gasteiger partial charge is 0.507 e. The first-order valence-electron chi connectivity index (χ1n) is 11.0. The van der Waals surface area contributed by atoms with E-state index in [2.05, 4.69) is 20.3 Å². The number of nitrogens with zero attached hydrogens (tertiary/aromatic N) is 2. The van der Waals surface area contributed by atoms with E-state index < -0.39 is 0 Å². The number of carbonyl (C=O) groups excluding carboxylic acids is 1. The Hall–Kier alpha value is -5.18. The number of hydrogen-bond acceptors (Lipinski definition) is 7. The van der Waals surface area contributed by atoms with Crippen LogP contribution in [0.15, 0.2) is 79.0 Å². The molecule has 0 aliphatic carbocycles. The van der Waals surface area contributed by atoms with Gasteiger partial charge in [0.05, 0.1) is 23.7 Å². The van der Waals surface area contributed by atoms with Crippen LogP contribution in [0.2, 0.25) is 0 Å². The van der Waals surface area contributed by atoms with E-state index in [-0.39, 0.29) is 17.5 Å². The minimum Gasteiger partial charge on any atom is -0.507 e. The van der Waals surface area contributed by atoms with Crippen LogP contribution in [-0.2, 0) is 0 Å². The highest BCUT2D eigenvalue weighted by Gasteiger charge is 2.15. The van der Waals surface area contributed by atoms with Gasteiger partial charge < -0.3 is 24.9 Å². The monoisotopic (exact) mass is 479 g/mol. The summed E-state index contributed by atoms with van der Waals surface area (Å²) < 4.78 is 10.3. The van der Waals surface area contributed by atoms with E-state index in [9.17, 15) is 9.90 Å². The number of carbonyl (C=O) groups is 1. The fourth-order valence-electron chi connectivity index (χ4n) is 3.81. The Kier molecular flexibility index (Phi) is 6.02. The molecule has 1 amide bonds. The van der Waals surface area contributed by atoms with Crippen LogP contribution >= 0.6 is 0 Å². The zero-order valence-electron chi connectivity index (χ0n) is 19.1. The molecular formula is C27H21N5O4. The molecule has 0 spiro atoms. The molecule has 5 rings (SSSR count). The fraction of sp³-hybridized carbons (Fsp3) is 0.0370. The number of phenols is 1. The van der Waals surface area contributed by atoms with Gasteiger partial charge in [-0.2, -0.15) is 0 Å². The molecule has 0 aliphatic heterocycles. The van der Waals surface area contributed by atoms with Crippen molar-refractivity contribution in [3.8, 4) is 39.9 Å². The summed E-state index contributed by atoms with van der Waals surface area (Å²) in [6, 6.07) is 20.9. The van der Waals surface area contributed by atoms with Gasteiger partial charge >= 0.3 is 0 Å². The molecule has 9 heteroatoms. The van der Waals surface area contributed by atoms with Gasteiger partial charge in [0.25, 0.3) is 5.91 Å². The summed E-state index contributed by atoms with van der Waals surface area (Å²) in [6.07, 6.45) is 2.39. The van der Waals surface area contributed by atoms with Crippen molar-refractivity contribution < 1.29 is 19.4 Å². The number of aromatic amines is 1. The molecule has 2 heterocycles. The summed E-state index contributed by atoms with van der Waals surface area (Å²) in [5.41, 5.74) is 4.25. The van der Waals surface area contributed by atoms with E-state index in [0.29, 0.717) is 45.0 Å². The van der Waals surface area contributed by atoms with E-state index in [1.54, 1.807) is 80.0 Å². The quantitative estimate of drug-likeness (QED) is 0.186. The average Bonchev–Trinajstić information content (AvgIpc) is 3.33. The lowest BCUT2D eigenvalue weighted by molar-refractivity contribution is 0.102. The Bertz CT molecular complexity index is 1580. The minimum atomic E-state index is -0.265. The number of phenolic OH excluding ortho intramolecular Hbond substituents is 1. The number of methoxy groups -OCH3 is 1. The molecule has 0 saturated heterocycles. The van der Waals surface area contributed by atoms with E-state index in [0.717, 1.165) is 12.0 Å². The molecule has 5 aromatic rings. The van der Waals surface area contributed by atoms with Gasteiger partial charge in [0, 0.05) is 23.0 Å². The number of benzene rings is 3. The normalized spacial score (nSPS) is 10.7. The molecule has 0 saturated carbocycles. The summed E-state index contributed by atoms with van der Waals surface area (Å²) in [6.45, 7) is 0. The maximum Gasteiger partial charge on any atom is 0.255 e. The van der Waals surface area contributed by atoms with E-state index >= 15 is 0 Å². The molecule has 0 bridgehead atoms. The topological polar surface area (TPSA) is 133 Å². The number of hydrogen-bond donors (Lipinski definition) is 4. The van der Waals surface area contributed by atoms with Crippen LogP contribution < -0.4 is 14.8 Å². The molecule has 0 radical (unpaired) electrons. The fourth-order valence-corrected chi connectivity index (χ4v) is 3.81. The molecule has 0 unspecified atom stereocenters. The lowest BCUT2D eigenvalue weighted by Gasteiger charge is -2.09. The number of aromatic hydroxyl groups is 1. The van der Waals surface area contributed by atoms with E-state index in [4.69, 9.17) is 14.9 Å². The van der Waals surface area contributed by atoms with Crippen molar-refractivity contribution in [2.24, 2.45) is 0 Å². The first-order chi connectivity index (χ1) is 17.6. The summed E-state index contributed by atoms with van der Waals surface area (Å²) in [7, 11) is 1.58. The van der Waals surface area contributed by atoms with Gasteiger partial charge in [-0.25, -0.2) is 9.97 Å². The lowest BCUT2D eigenvalue weighted by Crippen LogP contribution is -2.11. The Labute approximate surface area is 205 Å². The van der Waals surface area contributed by atoms with Crippen LogP contribution in [-0.4, -0.2) is 39.5 Å². The van der Waals surface area contributed by atoms with Gasteiger partial charge in [-0.3, -0.25) is 10.2 Å². The van der Waals surface area contributed by atoms with Gasteiger partial charge in [0.15, 0.2) is 6.40 Å². The number of aromatic nitrogens is 3. The average molecular weight is 479 g/mol. The Morgan fingerprint density at radius 2 is 1.89 bits per heavy atom. The molecule has 36 heavy (non-hydrogen) atoms. The van der Waals surface area contributed by atoms with Crippen LogP contribution in [0, 0.1) is 5.41 Å². The highest BCUT2D eigenvalue weighted by atomic mass is 16.5. The lowest BCUT2D eigenvalue weighted by atomic mass is 10.0. The molecule has 2 aromatic heterocycles. The first kappa shape index (κ1) is 22.6. The highest BCUT2D eigenvalue weighted by molar-refractivity contribution is 6.06. The summed E-state index contributed by atoms with van der Waals surface area (Å²) in [5, 5.41) is 20.6. The van der Waals surface area contributed by atoms with E-state index in [1.165, 1.54) is 0 Å². The van der Waals surface area contributed by atoms with Crippen molar-refractivity contribution in [3.05, 3.63) is 84.6 Å². The van der Waals surface area contributed by atoms with Crippen molar-refractivity contribution in [1.82, 2.24) is 15.0 Å². The maximum atomic E-state index is 12.8. The molecule has 4 N–H and O–H groups in total. The second-order valence-corrected chi connectivity index (χ2v) is 7.82. The second kappa shape index (κ2) is 9.59. The molecule has 178 valence electrons. The number of amides is 1. The smallest absolute Gasteiger partial charge is 0.255 e. The number of H-pyrrole nitrogens is 1. The van der Waals surface area contributed by atoms with Crippen LogP contribution in [0.4, 0.5) is 5.69 Å². The van der Waals surface area contributed by atoms with E-state index in [1.807, 2.05) is 6.07 Å². The standard InChI is InChI=1S/C27H21N5O4/c1-35-19-8-6-18(7-9-19)30-26(34)17-4-10-22-23(14-17)32-25(31-22)21-13-16(5-11-24(21)33)20-3-2-12-29-27(20)36-15-28/h2-15,28,33H,1H3,(H,30,34)(H,31,32). The van der Waals surface area contributed by atoms with Gasteiger partial charge in [-0.15, -0.1) is 0 Å². The van der Waals surface area contributed by atoms with Crippen molar-refractivity contribution in [1.29, 1.82) is 5.41 Å². The van der Waals surface area contributed by atoms with Crippen LogP contribution in [0.25, 0.3) is 33.5 Å². The minimum absolute atomic E-state index is 0.0358. The van der Waals surface area contributed by atoms with Crippen molar-refractivity contribution in [2.45, 2.75) is 0 Å². The van der Waals surface area contributed by atoms with Crippen LogP contribution in [0.3, 0.4) is 0 Å². The molecule has 0 fully saturated rings. The van der Waals surface area contributed by atoms with Crippen molar-refractivity contribution in [3.63, 3.8) is 0 Å². The molecule has 9 nitrogen and oxygen atoms in total. The number of pyridine rings is 1. The second-order valence-electron chi connectivity index (χ2n) is 7.82. The number of ether oxygens (including phenoxy) is 2. The van der Waals surface area contributed by atoms with Crippen LogP contribution in [0.5, 0.6) is 17.4 Å². The third-order valence-corrected chi connectivity index (χ3v) is 5.60. The number of anilines is 1. The van der Waals surface area contributed by atoms with Gasteiger partial charge in [0.2, 0.25) is 5.88 Å². The zero-order valence-corrected chi connectivity index (χ0v) is 19.1.